The van der Waals surface area contributed by atoms with Crippen molar-refractivity contribution in [2.75, 3.05) is 19.7 Å². The maximum absolute atomic E-state index is 12.5. The van der Waals surface area contributed by atoms with Crippen LogP contribution in [0.5, 0.6) is 5.75 Å². The highest BCUT2D eigenvalue weighted by atomic mass is 16.5. The summed E-state index contributed by atoms with van der Waals surface area (Å²) < 4.78 is 9.38. The minimum atomic E-state index is -0.0524. The molecule has 3 aromatic heterocycles. The van der Waals surface area contributed by atoms with E-state index < -0.39 is 0 Å². The van der Waals surface area contributed by atoms with Crippen molar-refractivity contribution in [1.29, 1.82) is 0 Å². The second-order valence-electron chi connectivity index (χ2n) is 8.54. The first-order valence-electron chi connectivity index (χ1n) is 11.8. The Hall–Kier alpha value is -4.08. The van der Waals surface area contributed by atoms with Gasteiger partial charge in [-0.05, 0) is 19.4 Å². The highest BCUT2D eigenvalue weighted by Gasteiger charge is 2.21. The molecule has 2 atom stereocenters. The number of ether oxygens (including phenoxy) is 1. The summed E-state index contributed by atoms with van der Waals surface area (Å²) in [6.45, 7) is 4.83. The van der Waals surface area contributed by atoms with Gasteiger partial charge in [-0.15, -0.1) is 0 Å². The molecule has 0 radical (unpaired) electrons. The van der Waals surface area contributed by atoms with Crippen LogP contribution >= 0.6 is 0 Å². The van der Waals surface area contributed by atoms with Crippen LogP contribution in [-0.2, 0) is 13.0 Å². The Morgan fingerprint density at radius 1 is 1.20 bits per heavy atom. The number of likely N-dealkylation sites (N-methyl/N-ethyl adjacent to an activating group) is 1. The third-order valence-corrected chi connectivity index (χ3v) is 6.08. The first-order valence-corrected chi connectivity index (χ1v) is 11.8. The zero-order valence-electron chi connectivity index (χ0n) is 19.6. The number of hydrazone groups is 1. The molecule has 2 unspecified atom stereocenters. The van der Waals surface area contributed by atoms with Gasteiger partial charge in [-0.1, -0.05) is 23.8 Å². The molecule has 10 heteroatoms. The Labute approximate surface area is 203 Å². The van der Waals surface area contributed by atoms with E-state index in [1.165, 1.54) is 0 Å². The van der Waals surface area contributed by atoms with E-state index in [4.69, 9.17) is 4.74 Å². The molecule has 0 N–H and O–H groups in total. The van der Waals surface area contributed by atoms with Crippen molar-refractivity contribution in [3.05, 3.63) is 88.7 Å². The van der Waals surface area contributed by atoms with Gasteiger partial charge in [0.2, 0.25) is 5.43 Å². The Morgan fingerprint density at radius 2 is 2.09 bits per heavy atom. The normalized spacial score (nSPS) is 19.2. The number of rotatable bonds is 9. The van der Waals surface area contributed by atoms with E-state index in [1.807, 2.05) is 38.9 Å². The molecule has 0 saturated heterocycles. The van der Waals surface area contributed by atoms with Crippen LogP contribution in [0.1, 0.15) is 36.8 Å². The molecular weight excluding hydrogens is 444 g/mol. The lowest BCUT2D eigenvalue weighted by molar-refractivity contribution is 0.288. The minimum absolute atomic E-state index is 0.0379. The van der Waals surface area contributed by atoms with E-state index in [0.29, 0.717) is 31.0 Å². The molecule has 2 aliphatic rings. The Kier molecular flexibility index (Phi) is 6.78. The maximum Gasteiger partial charge on any atom is 0.203 e. The number of hydrogen-bond donors (Lipinski definition) is 0. The standard InChI is InChI=1S/C25H28N8O2/c1-2-31-18-21(15-29-31)33-10-7-24(34)23(30-33)14-19-5-3-6-20(13-19)25-26-16-22(17-27-25)35-12-11-32-9-4-8-28-32/h3-10,15-17,20-21H,2,11-14,18H2,1H3. The fourth-order valence-electron chi connectivity index (χ4n) is 4.16. The molecule has 0 spiro atoms. The van der Waals surface area contributed by atoms with Gasteiger partial charge in [-0.3, -0.25) is 19.2 Å². The summed E-state index contributed by atoms with van der Waals surface area (Å²) in [5.41, 5.74) is 1.61. The Morgan fingerprint density at radius 3 is 2.86 bits per heavy atom. The molecule has 0 fully saturated rings. The van der Waals surface area contributed by atoms with Gasteiger partial charge < -0.3 is 4.74 Å². The maximum atomic E-state index is 12.5. The average molecular weight is 473 g/mol. The van der Waals surface area contributed by atoms with E-state index in [0.717, 1.165) is 30.9 Å². The summed E-state index contributed by atoms with van der Waals surface area (Å²) in [4.78, 5) is 21.6. The second kappa shape index (κ2) is 10.5. The van der Waals surface area contributed by atoms with Gasteiger partial charge in [0, 0.05) is 43.5 Å². The largest absolute Gasteiger partial charge is 0.488 e. The van der Waals surface area contributed by atoms with Gasteiger partial charge in [-0.2, -0.15) is 15.3 Å². The molecule has 1 aliphatic heterocycles. The van der Waals surface area contributed by atoms with Crippen LogP contribution in [0.25, 0.3) is 0 Å². The second-order valence-corrected chi connectivity index (χ2v) is 8.54. The van der Waals surface area contributed by atoms with Crippen molar-refractivity contribution in [2.24, 2.45) is 5.10 Å². The summed E-state index contributed by atoms with van der Waals surface area (Å²) >= 11 is 0. The molecule has 180 valence electrons. The van der Waals surface area contributed by atoms with Gasteiger partial charge in [0.15, 0.2) is 5.75 Å². The summed E-state index contributed by atoms with van der Waals surface area (Å²) in [6.07, 6.45) is 18.0. The van der Waals surface area contributed by atoms with Gasteiger partial charge in [0.1, 0.15) is 24.2 Å². The van der Waals surface area contributed by atoms with Crippen molar-refractivity contribution >= 4 is 6.21 Å². The molecule has 1 aliphatic carbocycles. The summed E-state index contributed by atoms with van der Waals surface area (Å²) in [7, 11) is 0. The van der Waals surface area contributed by atoms with Gasteiger partial charge in [0.05, 0.1) is 31.7 Å². The molecule has 0 aromatic carbocycles. The van der Waals surface area contributed by atoms with E-state index in [2.05, 4.69) is 44.3 Å². The lowest BCUT2D eigenvalue weighted by atomic mass is 9.91. The van der Waals surface area contributed by atoms with Crippen molar-refractivity contribution in [3.63, 3.8) is 0 Å². The number of aromatic nitrogens is 6. The predicted octanol–water partition coefficient (Wildman–Crippen LogP) is 2.38. The van der Waals surface area contributed by atoms with E-state index in [9.17, 15) is 4.79 Å². The smallest absolute Gasteiger partial charge is 0.203 e. The molecule has 5 rings (SSSR count). The van der Waals surface area contributed by atoms with Crippen molar-refractivity contribution in [1.82, 2.24) is 34.5 Å². The van der Waals surface area contributed by atoms with Crippen molar-refractivity contribution in [3.8, 4) is 5.75 Å². The van der Waals surface area contributed by atoms with E-state index in [1.54, 1.807) is 30.9 Å². The van der Waals surface area contributed by atoms with Crippen LogP contribution < -0.4 is 10.2 Å². The zero-order valence-corrected chi connectivity index (χ0v) is 19.6. The summed E-state index contributed by atoms with van der Waals surface area (Å²) in [5, 5.41) is 15.2. The molecule has 35 heavy (non-hydrogen) atoms. The first kappa shape index (κ1) is 22.7. The van der Waals surface area contributed by atoms with E-state index in [-0.39, 0.29) is 17.4 Å². The van der Waals surface area contributed by atoms with Crippen LogP contribution in [0, 0.1) is 0 Å². The fourth-order valence-corrected chi connectivity index (χ4v) is 4.16. The summed E-state index contributed by atoms with van der Waals surface area (Å²) in [6, 6.07) is 3.51. The number of nitrogens with zero attached hydrogens (tertiary/aromatic N) is 8. The lowest BCUT2D eigenvalue weighted by Crippen LogP contribution is -2.25. The van der Waals surface area contributed by atoms with Crippen LogP contribution in [0.3, 0.4) is 0 Å². The van der Waals surface area contributed by atoms with Gasteiger partial charge in [-0.25, -0.2) is 9.97 Å². The van der Waals surface area contributed by atoms with Gasteiger partial charge in [0.25, 0.3) is 0 Å². The topological polar surface area (TPSA) is 103 Å². The van der Waals surface area contributed by atoms with Crippen LogP contribution in [0.15, 0.2) is 76.8 Å². The molecule has 0 amide bonds. The zero-order chi connectivity index (χ0) is 24.0. The quantitative estimate of drug-likeness (QED) is 0.471. The van der Waals surface area contributed by atoms with Crippen LogP contribution in [0.4, 0.5) is 0 Å². The first-order chi connectivity index (χ1) is 17.2. The van der Waals surface area contributed by atoms with Crippen molar-refractivity contribution < 1.29 is 4.74 Å². The monoisotopic (exact) mass is 472 g/mol. The Bertz CT molecular complexity index is 1280. The third kappa shape index (κ3) is 5.53. The molecule has 0 saturated carbocycles. The number of allylic oxidation sites excluding steroid dienone is 4. The number of hydrogen-bond acceptors (Lipinski definition) is 8. The SMILES string of the molecule is CCN1CC(n2ccc(=O)c(CC3=CC=CC(c4ncc(OCCn5cccn5)cn4)C3)n2)C=N1. The Balaban J connectivity index is 1.19. The molecule has 3 aromatic rings. The minimum Gasteiger partial charge on any atom is -0.488 e. The summed E-state index contributed by atoms with van der Waals surface area (Å²) in [5.74, 6) is 1.40. The van der Waals surface area contributed by atoms with Crippen molar-refractivity contribution in [2.45, 2.75) is 38.3 Å². The molecule has 10 nitrogen and oxygen atoms in total. The van der Waals surface area contributed by atoms with E-state index >= 15 is 0 Å². The lowest BCUT2D eigenvalue weighted by Gasteiger charge is -2.18. The third-order valence-electron chi connectivity index (χ3n) is 6.08. The molecular formula is C25H28N8O2. The predicted molar refractivity (Wildman–Crippen MR) is 131 cm³/mol. The highest BCUT2D eigenvalue weighted by molar-refractivity contribution is 5.64. The van der Waals surface area contributed by atoms with Crippen LogP contribution in [-0.4, -0.2) is 60.4 Å². The van der Waals surface area contributed by atoms with Crippen LogP contribution in [0.2, 0.25) is 0 Å². The molecule has 4 heterocycles. The average Bonchev–Trinajstić information content (AvgIpc) is 3.58. The van der Waals surface area contributed by atoms with Gasteiger partial charge >= 0.3 is 0 Å². The fraction of sp³-hybridized carbons (Fsp3) is 0.360. The highest BCUT2D eigenvalue weighted by Crippen LogP contribution is 2.28. The molecule has 0 bridgehead atoms.